The molecule has 0 saturated carbocycles. The van der Waals surface area contributed by atoms with Crippen molar-refractivity contribution in [3.63, 3.8) is 0 Å². The predicted molar refractivity (Wildman–Crippen MR) is 60.9 cm³/mol. The van der Waals surface area contributed by atoms with Crippen molar-refractivity contribution >= 4 is 23.3 Å². The monoisotopic (exact) mass is 227 g/mol. The zero-order chi connectivity index (χ0) is 11.4. The van der Waals surface area contributed by atoms with Gasteiger partial charge in [-0.05, 0) is 25.5 Å². The van der Waals surface area contributed by atoms with Gasteiger partial charge < -0.3 is 11.1 Å². The molecule has 1 rings (SSSR count). The maximum absolute atomic E-state index is 11.7. The summed E-state index contributed by atoms with van der Waals surface area (Å²) in [5, 5.41) is 3.08. The van der Waals surface area contributed by atoms with E-state index in [-0.39, 0.29) is 23.5 Å². The molecule has 0 aliphatic carbocycles. The van der Waals surface area contributed by atoms with E-state index in [1.54, 1.807) is 12.1 Å². The van der Waals surface area contributed by atoms with Gasteiger partial charge in [-0.3, -0.25) is 4.79 Å². The topological polar surface area (TPSA) is 68.0 Å². The number of hydrogen-bond donors (Lipinski definition) is 2. The number of rotatable bonds is 3. The summed E-state index contributed by atoms with van der Waals surface area (Å²) in [6, 6.07) is 3.22. The summed E-state index contributed by atoms with van der Waals surface area (Å²) >= 11 is 5.84. The van der Waals surface area contributed by atoms with Crippen molar-refractivity contribution in [3.05, 3.63) is 22.8 Å². The maximum Gasteiger partial charge on any atom is 0.271 e. The number of nitrogens with one attached hydrogen (secondary N) is 1. The molecule has 1 amide bonds. The Labute approximate surface area is 93.8 Å². The lowest BCUT2D eigenvalue weighted by Crippen LogP contribution is -2.32. The third-order valence-corrected chi connectivity index (χ3v) is 2.38. The van der Waals surface area contributed by atoms with Gasteiger partial charge in [0.1, 0.15) is 11.5 Å². The Bertz CT molecular complexity index is 368. The minimum atomic E-state index is -0.290. The summed E-state index contributed by atoms with van der Waals surface area (Å²) in [5.74, 6) is -0.00430. The van der Waals surface area contributed by atoms with E-state index in [1.165, 1.54) is 0 Å². The minimum Gasteiger partial charge on any atom is -0.384 e. The van der Waals surface area contributed by atoms with E-state index in [0.717, 1.165) is 6.42 Å². The number of nitrogen functional groups attached to an aromatic ring is 1. The van der Waals surface area contributed by atoms with Crippen LogP contribution in [0, 0.1) is 0 Å². The molecular formula is C10H14ClN3O. The van der Waals surface area contributed by atoms with Crippen molar-refractivity contribution in [1.82, 2.24) is 10.3 Å². The normalized spacial score (nSPS) is 12.2. The molecule has 15 heavy (non-hydrogen) atoms. The Hall–Kier alpha value is -1.29. The number of aromatic nitrogens is 1. The fraction of sp³-hybridized carbons (Fsp3) is 0.400. The van der Waals surface area contributed by atoms with Crippen molar-refractivity contribution in [2.75, 3.05) is 5.73 Å². The molecule has 1 aromatic heterocycles. The third-order valence-electron chi connectivity index (χ3n) is 2.07. The van der Waals surface area contributed by atoms with Crippen LogP contribution >= 0.6 is 11.6 Å². The first-order valence-corrected chi connectivity index (χ1v) is 5.15. The molecule has 1 heterocycles. The average Bonchev–Trinajstić information content (AvgIpc) is 2.21. The molecular weight excluding hydrogens is 214 g/mol. The number of amides is 1. The van der Waals surface area contributed by atoms with Gasteiger partial charge in [-0.1, -0.05) is 18.5 Å². The van der Waals surface area contributed by atoms with E-state index in [1.807, 2.05) is 13.8 Å². The van der Waals surface area contributed by atoms with Crippen LogP contribution in [-0.2, 0) is 0 Å². The van der Waals surface area contributed by atoms with Crippen LogP contribution < -0.4 is 11.1 Å². The van der Waals surface area contributed by atoms with Crippen molar-refractivity contribution in [2.45, 2.75) is 26.3 Å². The van der Waals surface area contributed by atoms with Gasteiger partial charge in [-0.25, -0.2) is 4.98 Å². The van der Waals surface area contributed by atoms with Crippen molar-refractivity contribution in [2.24, 2.45) is 0 Å². The fourth-order valence-electron chi connectivity index (χ4n) is 1.01. The molecule has 5 heteroatoms. The van der Waals surface area contributed by atoms with Crippen LogP contribution in [-0.4, -0.2) is 16.9 Å². The zero-order valence-corrected chi connectivity index (χ0v) is 9.51. The highest BCUT2D eigenvalue weighted by Crippen LogP contribution is 2.15. The number of nitrogens with two attached hydrogens (primary N) is 1. The first-order chi connectivity index (χ1) is 7.04. The number of nitrogens with zero attached hydrogens (tertiary/aromatic N) is 1. The summed E-state index contributed by atoms with van der Waals surface area (Å²) in [5.41, 5.74) is 5.66. The molecule has 1 aromatic rings. The molecule has 1 unspecified atom stereocenters. The Kier molecular flexibility index (Phi) is 3.91. The van der Waals surface area contributed by atoms with Gasteiger partial charge in [-0.15, -0.1) is 0 Å². The van der Waals surface area contributed by atoms with Crippen molar-refractivity contribution in [3.8, 4) is 0 Å². The SMILES string of the molecule is CCC(C)NC(=O)c1nc(N)ccc1Cl. The molecule has 0 bridgehead atoms. The molecule has 1 atom stereocenters. The molecule has 0 saturated heterocycles. The Morgan fingerprint density at radius 3 is 2.93 bits per heavy atom. The van der Waals surface area contributed by atoms with Gasteiger partial charge in [-0.2, -0.15) is 0 Å². The van der Waals surface area contributed by atoms with Gasteiger partial charge in [0.15, 0.2) is 0 Å². The molecule has 0 spiro atoms. The molecule has 82 valence electrons. The Morgan fingerprint density at radius 1 is 1.67 bits per heavy atom. The van der Waals surface area contributed by atoms with E-state index in [4.69, 9.17) is 17.3 Å². The van der Waals surface area contributed by atoms with Crippen LogP contribution in [0.15, 0.2) is 12.1 Å². The summed E-state index contributed by atoms with van der Waals surface area (Å²) in [6.45, 7) is 3.90. The van der Waals surface area contributed by atoms with E-state index in [9.17, 15) is 4.79 Å². The molecule has 0 radical (unpaired) electrons. The van der Waals surface area contributed by atoms with Crippen LogP contribution in [0.3, 0.4) is 0 Å². The minimum absolute atomic E-state index is 0.0943. The van der Waals surface area contributed by atoms with Gasteiger partial charge in [0.05, 0.1) is 5.02 Å². The largest absolute Gasteiger partial charge is 0.384 e. The van der Waals surface area contributed by atoms with E-state index in [0.29, 0.717) is 5.02 Å². The van der Waals surface area contributed by atoms with Crippen molar-refractivity contribution < 1.29 is 4.79 Å². The number of anilines is 1. The predicted octanol–water partition coefficient (Wildman–Crippen LogP) is 1.85. The highest BCUT2D eigenvalue weighted by atomic mass is 35.5. The molecule has 3 N–H and O–H groups in total. The summed E-state index contributed by atoms with van der Waals surface area (Å²) < 4.78 is 0. The highest BCUT2D eigenvalue weighted by molar-refractivity contribution is 6.33. The van der Waals surface area contributed by atoms with Gasteiger partial charge >= 0.3 is 0 Å². The lowest BCUT2D eigenvalue weighted by molar-refractivity contribution is 0.0934. The summed E-state index contributed by atoms with van der Waals surface area (Å²) in [4.78, 5) is 15.6. The van der Waals surface area contributed by atoms with Crippen LogP contribution in [0.4, 0.5) is 5.82 Å². The number of halogens is 1. The molecule has 0 aliphatic rings. The quantitative estimate of drug-likeness (QED) is 0.828. The standard InChI is InChI=1S/C10H14ClN3O/c1-3-6(2)13-10(15)9-7(11)4-5-8(12)14-9/h4-6H,3H2,1-2H3,(H2,12,14)(H,13,15). The lowest BCUT2D eigenvalue weighted by atomic mass is 10.2. The molecule has 0 fully saturated rings. The van der Waals surface area contributed by atoms with E-state index in [2.05, 4.69) is 10.3 Å². The van der Waals surface area contributed by atoms with Crippen LogP contribution in [0.2, 0.25) is 5.02 Å². The fourth-order valence-corrected chi connectivity index (χ4v) is 1.20. The van der Waals surface area contributed by atoms with E-state index >= 15 is 0 Å². The molecule has 0 aliphatic heterocycles. The summed E-state index contributed by atoms with van der Waals surface area (Å²) in [6.07, 6.45) is 0.853. The van der Waals surface area contributed by atoms with Crippen LogP contribution in [0.25, 0.3) is 0 Å². The second-order valence-electron chi connectivity index (χ2n) is 3.35. The number of carbonyl (C=O) groups is 1. The van der Waals surface area contributed by atoms with Gasteiger partial charge in [0.25, 0.3) is 5.91 Å². The van der Waals surface area contributed by atoms with Gasteiger partial charge in [0.2, 0.25) is 0 Å². The first kappa shape index (κ1) is 11.8. The smallest absolute Gasteiger partial charge is 0.271 e. The van der Waals surface area contributed by atoms with Gasteiger partial charge in [0, 0.05) is 6.04 Å². The van der Waals surface area contributed by atoms with E-state index < -0.39 is 0 Å². The van der Waals surface area contributed by atoms with Crippen LogP contribution in [0.5, 0.6) is 0 Å². The number of pyridine rings is 1. The first-order valence-electron chi connectivity index (χ1n) is 4.77. The molecule has 0 aromatic carbocycles. The second-order valence-corrected chi connectivity index (χ2v) is 3.76. The number of carbonyl (C=O) groups excluding carboxylic acids is 1. The lowest BCUT2D eigenvalue weighted by Gasteiger charge is -2.11. The van der Waals surface area contributed by atoms with Crippen LogP contribution in [0.1, 0.15) is 30.8 Å². The number of hydrogen-bond acceptors (Lipinski definition) is 3. The molecule has 4 nitrogen and oxygen atoms in total. The third kappa shape index (κ3) is 3.09. The Morgan fingerprint density at radius 2 is 2.33 bits per heavy atom. The average molecular weight is 228 g/mol. The second kappa shape index (κ2) is 4.98. The maximum atomic E-state index is 11.7. The summed E-state index contributed by atoms with van der Waals surface area (Å²) in [7, 11) is 0. The van der Waals surface area contributed by atoms with Crippen molar-refractivity contribution in [1.29, 1.82) is 0 Å². The Balaban J connectivity index is 2.86. The zero-order valence-electron chi connectivity index (χ0n) is 8.75. The highest BCUT2D eigenvalue weighted by Gasteiger charge is 2.13.